The molecule has 1 aliphatic heterocycles. The summed E-state index contributed by atoms with van der Waals surface area (Å²) < 4.78 is 7.95. The van der Waals surface area contributed by atoms with Gasteiger partial charge in [-0.3, -0.25) is 10.2 Å². The van der Waals surface area contributed by atoms with Crippen molar-refractivity contribution >= 4 is 28.5 Å². The van der Waals surface area contributed by atoms with Crippen LogP contribution in [0.15, 0.2) is 66.7 Å². The number of amidine groups is 1. The molecule has 39 heavy (non-hydrogen) atoms. The number of amides is 1. The maximum absolute atomic E-state index is 13.4. The molecule has 0 aliphatic carbocycles. The van der Waals surface area contributed by atoms with Crippen molar-refractivity contribution in [1.29, 1.82) is 5.41 Å². The van der Waals surface area contributed by atoms with Gasteiger partial charge in [0.15, 0.2) is 0 Å². The highest BCUT2D eigenvalue weighted by atomic mass is 16.5. The third-order valence-electron chi connectivity index (χ3n) is 7.24. The van der Waals surface area contributed by atoms with Gasteiger partial charge in [0, 0.05) is 62.5 Å². The first-order valence-electron chi connectivity index (χ1n) is 13.5. The highest BCUT2D eigenvalue weighted by Gasteiger charge is 2.23. The highest BCUT2D eigenvalue weighted by molar-refractivity contribution is 5.97. The number of ether oxygens (including phenoxy) is 1. The quantitative estimate of drug-likeness (QED) is 0.263. The average Bonchev–Trinajstić information content (AvgIpc) is 3.26. The van der Waals surface area contributed by atoms with Crippen LogP contribution in [0.4, 0.5) is 5.69 Å². The summed E-state index contributed by atoms with van der Waals surface area (Å²) in [4.78, 5) is 22.5. The van der Waals surface area contributed by atoms with Crippen LogP contribution in [0.1, 0.15) is 41.2 Å². The van der Waals surface area contributed by atoms with Crippen molar-refractivity contribution in [1.82, 2.24) is 14.5 Å². The van der Waals surface area contributed by atoms with Gasteiger partial charge in [-0.2, -0.15) is 0 Å². The predicted molar refractivity (Wildman–Crippen MR) is 156 cm³/mol. The molecule has 3 N–H and O–H groups in total. The van der Waals surface area contributed by atoms with Crippen molar-refractivity contribution in [3.8, 4) is 5.75 Å². The summed E-state index contributed by atoms with van der Waals surface area (Å²) in [5, 5.41) is 7.55. The number of imidazole rings is 1. The number of nitrogens with zero attached hydrogens (tertiary/aromatic N) is 4. The van der Waals surface area contributed by atoms with Crippen LogP contribution in [0.2, 0.25) is 0 Å². The van der Waals surface area contributed by atoms with Crippen LogP contribution in [-0.4, -0.2) is 58.5 Å². The molecular formula is C31H36N6O2. The number of rotatable bonds is 8. The van der Waals surface area contributed by atoms with Gasteiger partial charge in [-0.05, 0) is 56.2 Å². The van der Waals surface area contributed by atoms with Crippen LogP contribution in [0.25, 0.3) is 11.0 Å². The summed E-state index contributed by atoms with van der Waals surface area (Å²) >= 11 is 0. The minimum atomic E-state index is 0.0474. The first-order chi connectivity index (χ1) is 18.8. The number of hydrogen-bond acceptors (Lipinski definition) is 5. The third kappa shape index (κ3) is 5.90. The molecule has 1 aromatic heterocycles. The predicted octanol–water partition coefficient (Wildman–Crippen LogP) is 4.39. The summed E-state index contributed by atoms with van der Waals surface area (Å²) in [6, 6.07) is 21.8. The maximum Gasteiger partial charge on any atom is 0.254 e. The second kappa shape index (κ2) is 11.2. The van der Waals surface area contributed by atoms with Crippen LogP contribution in [-0.2, 0) is 19.9 Å². The van der Waals surface area contributed by atoms with Crippen molar-refractivity contribution < 1.29 is 9.53 Å². The molecule has 1 amide bonds. The van der Waals surface area contributed by atoms with Crippen molar-refractivity contribution in [3.05, 3.63) is 89.2 Å². The summed E-state index contributed by atoms with van der Waals surface area (Å²) in [7, 11) is 2.02. The third-order valence-corrected chi connectivity index (χ3v) is 7.24. The first-order valence-corrected chi connectivity index (χ1v) is 13.5. The molecule has 2 heterocycles. The van der Waals surface area contributed by atoms with E-state index >= 15 is 0 Å². The Kier molecular flexibility index (Phi) is 7.54. The van der Waals surface area contributed by atoms with Crippen molar-refractivity contribution in [3.63, 3.8) is 0 Å². The normalized spacial score (nSPS) is 13.7. The van der Waals surface area contributed by atoms with E-state index in [-0.39, 0.29) is 17.8 Å². The smallest absolute Gasteiger partial charge is 0.254 e. The molecule has 0 bridgehead atoms. The molecule has 1 saturated heterocycles. The zero-order chi connectivity index (χ0) is 27.5. The number of hydrogen-bond donors (Lipinski definition) is 2. The molecule has 5 rings (SSSR count). The number of aryl methyl sites for hydroxylation is 3. The van der Waals surface area contributed by atoms with E-state index in [1.54, 1.807) is 0 Å². The van der Waals surface area contributed by atoms with Gasteiger partial charge in [0.2, 0.25) is 0 Å². The van der Waals surface area contributed by atoms with Crippen LogP contribution in [0.3, 0.4) is 0 Å². The lowest BCUT2D eigenvalue weighted by Crippen LogP contribution is -2.48. The fourth-order valence-electron chi connectivity index (χ4n) is 5.09. The van der Waals surface area contributed by atoms with Crippen LogP contribution in [0.5, 0.6) is 5.75 Å². The number of nitrogens with two attached hydrogens (primary N) is 1. The summed E-state index contributed by atoms with van der Waals surface area (Å²) in [6.45, 7) is 6.94. The molecule has 3 aromatic carbocycles. The monoisotopic (exact) mass is 524 g/mol. The maximum atomic E-state index is 13.4. The van der Waals surface area contributed by atoms with Gasteiger partial charge in [0.05, 0.1) is 17.1 Å². The van der Waals surface area contributed by atoms with E-state index in [1.165, 1.54) is 5.56 Å². The average molecular weight is 525 g/mol. The zero-order valence-electron chi connectivity index (χ0n) is 22.9. The lowest BCUT2D eigenvalue weighted by molar-refractivity contribution is 0.0747. The van der Waals surface area contributed by atoms with Crippen molar-refractivity contribution in [2.24, 2.45) is 12.8 Å². The topological polar surface area (TPSA) is 100 Å². The Morgan fingerprint density at radius 2 is 1.69 bits per heavy atom. The minimum Gasteiger partial charge on any atom is -0.491 e. The van der Waals surface area contributed by atoms with Crippen LogP contribution >= 0.6 is 0 Å². The van der Waals surface area contributed by atoms with Gasteiger partial charge >= 0.3 is 0 Å². The van der Waals surface area contributed by atoms with Gasteiger partial charge in [-0.15, -0.1) is 0 Å². The van der Waals surface area contributed by atoms with E-state index in [2.05, 4.69) is 21.6 Å². The molecule has 0 unspecified atom stereocenters. The fraction of sp³-hybridized carbons (Fsp3) is 0.323. The van der Waals surface area contributed by atoms with Gasteiger partial charge in [0.25, 0.3) is 5.91 Å². The Morgan fingerprint density at radius 3 is 2.38 bits per heavy atom. The molecule has 8 nitrogen and oxygen atoms in total. The van der Waals surface area contributed by atoms with Crippen LogP contribution in [0, 0.1) is 5.41 Å². The minimum absolute atomic E-state index is 0.0474. The largest absolute Gasteiger partial charge is 0.491 e. The van der Waals surface area contributed by atoms with Gasteiger partial charge in [-0.25, -0.2) is 4.98 Å². The second-order valence-electron chi connectivity index (χ2n) is 10.3. The van der Waals surface area contributed by atoms with E-state index in [0.29, 0.717) is 18.7 Å². The highest BCUT2D eigenvalue weighted by Crippen LogP contribution is 2.24. The lowest BCUT2D eigenvalue weighted by atomic mass is 10.1. The second-order valence-corrected chi connectivity index (χ2v) is 10.3. The number of aromatic nitrogens is 2. The Balaban J connectivity index is 1.22. The Bertz CT molecular complexity index is 1480. The zero-order valence-corrected chi connectivity index (χ0v) is 22.9. The Hall–Kier alpha value is -4.33. The van der Waals surface area contributed by atoms with E-state index in [0.717, 1.165) is 59.8 Å². The van der Waals surface area contributed by atoms with E-state index in [4.69, 9.17) is 20.9 Å². The SMILES string of the molecule is CC(C)Oc1cccc(N2CCN(C(=O)c3ccc4c(c3)nc(CCc3ccc(C(=N)N)cc3)n4C)CC2)c1. The van der Waals surface area contributed by atoms with E-state index < -0.39 is 0 Å². The first kappa shape index (κ1) is 26.3. The van der Waals surface area contributed by atoms with Gasteiger partial charge < -0.3 is 24.8 Å². The number of nitrogens with one attached hydrogen (secondary N) is 1. The van der Waals surface area contributed by atoms with Crippen molar-refractivity contribution in [2.45, 2.75) is 32.8 Å². The van der Waals surface area contributed by atoms with E-state index in [1.807, 2.05) is 80.4 Å². The number of piperazine rings is 1. The number of anilines is 1. The molecule has 0 atom stereocenters. The van der Waals surface area contributed by atoms with Gasteiger partial charge in [0.1, 0.15) is 17.4 Å². The molecule has 4 aromatic rings. The lowest BCUT2D eigenvalue weighted by Gasteiger charge is -2.36. The molecule has 0 spiro atoms. The Morgan fingerprint density at radius 1 is 0.974 bits per heavy atom. The molecular weight excluding hydrogens is 488 g/mol. The molecule has 0 saturated carbocycles. The number of fused-ring (bicyclic) bond motifs is 1. The fourth-order valence-corrected chi connectivity index (χ4v) is 5.09. The Labute approximate surface area is 229 Å². The summed E-state index contributed by atoms with van der Waals surface area (Å²) in [5.74, 6) is 1.97. The summed E-state index contributed by atoms with van der Waals surface area (Å²) in [5.41, 5.74) is 11.1. The molecule has 8 heteroatoms. The van der Waals surface area contributed by atoms with Crippen LogP contribution < -0.4 is 15.4 Å². The number of benzene rings is 3. The van der Waals surface area contributed by atoms with Gasteiger partial charge in [-0.1, -0.05) is 30.3 Å². The van der Waals surface area contributed by atoms with Crippen molar-refractivity contribution in [2.75, 3.05) is 31.1 Å². The molecule has 1 fully saturated rings. The summed E-state index contributed by atoms with van der Waals surface area (Å²) in [6.07, 6.45) is 1.74. The molecule has 202 valence electrons. The number of nitrogen functional groups attached to an aromatic ring is 1. The molecule has 0 radical (unpaired) electrons. The number of carbonyl (C=O) groups excluding carboxylic acids is 1. The van der Waals surface area contributed by atoms with E-state index in [9.17, 15) is 4.79 Å². The molecule has 1 aliphatic rings. The standard InChI is InChI=1S/C31H36N6O2/c1-21(2)39-26-6-4-5-25(20-26)36-15-17-37(18-16-36)31(38)24-12-13-28-27(19-24)34-29(35(28)3)14-9-22-7-10-23(11-8-22)30(32)33/h4-8,10-13,19-21H,9,14-18H2,1-3H3,(H3,32,33). The number of carbonyl (C=O) groups is 1.